The largest absolute Gasteiger partial charge is 0.416 e. The van der Waals surface area contributed by atoms with Crippen LogP contribution in [-0.4, -0.2) is 18.4 Å². The number of hydrogen-bond acceptors (Lipinski definition) is 3. The standard InChI is InChI=1S/C17H24F3N3O2.ClH/c1-16(2,3)15(25)22-6-4-5-14(24)23-13-8-11(10-21)7-12(9-13)17(18,19)20;/h7-9H,4-6,10,21H2,1-3H3,(H,22,25)(H,23,24);1H. The minimum absolute atomic E-state index is 0. The van der Waals surface area contributed by atoms with E-state index in [0.717, 1.165) is 12.1 Å². The van der Waals surface area contributed by atoms with E-state index in [4.69, 9.17) is 5.73 Å². The van der Waals surface area contributed by atoms with Crippen LogP contribution in [0.4, 0.5) is 18.9 Å². The van der Waals surface area contributed by atoms with E-state index in [2.05, 4.69) is 10.6 Å². The summed E-state index contributed by atoms with van der Waals surface area (Å²) < 4.78 is 38.5. The molecule has 0 aromatic heterocycles. The molecule has 0 heterocycles. The van der Waals surface area contributed by atoms with Gasteiger partial charge in [-0.3, -0.25) is 9.59 Å². The van der Waals surface area contributed by atoms with Crippen LogP contribution >= 0.6 is 12.4 Å². The van der Waals surface area contributed by atoms with Crippen molar-refractivity contribution in [1.82, 2.24) is 5.32 Å². The number of nitrogens with one attached hydrogen (secondary N) is 2. The normalized spacial score (nSPS) is 11.5. The molecule has 0 atom stereocenters. The Kier molecular flexibility index (Phi) is 9.10. The predicted molar refractivity (Wildman–Crippen MR) is 96.9 cm³/mol. The zero-order chi connectivity index (χ0) is 19.3. The van der Waals surface area contributed by atoms with E-state index in [1.807, 2.05) is 0 Å². The average molecular weight is 396 g/mol. The van der Waals surface area contributed by atoms with Crippen LogP contribution in [0.3, 0.4) is 0 Å². The molecule has 4 N–H and O–H groups in total. The minimum Gasteiger partial charge on any atom is -0.356 e. The van der Waals surface area contributed by atoms with Gasteiger partial charge in [-0.05, 0) is 30.2 Å². The maximum absolute atomic E-state index is 12.8. The molecule has 1 rings (SSSR count). The van der Waals surface area contributed by atoms with Crippen LogP contribution in [0.2, 0.25) is 0 Å². The van der Waals surface area contributed by atoms with Gasteiger partial charge in [0.05, 0.1) is 5.56 Å². The Balaban J connectivity index is 0.00000625. The molecule has 148 valence electrons. The van der Waals surface area contributed by atoms with Crippen molar-refractivity contribution in [1.29, 1.82) is 0 Å². The molecule has 0 aliphatic heterocycles. The third kappa shape index (κ3) is 8.05. The first-order valence-electron chi connectivity index (χ1n) is 7.93. The summed E-state index contributed by atoms with van der Waals surface area (Å²) in [5.74, 6) is -0.550. The molecule has 26 heavy (non-hydrogen) atoms. The zero-order valence-electron chi connectivity index (χ0n) is 15.0. The first-order chi connectivity index (χ1) is 11.4. The monoisotopic (exact) mass is 395 g/mol. The molecule has 0 unspecified atom stereocenters. The van der Waals surface area contributed by atoms with Crippen LogP contribution in [0.25, 0.3) is 0 Å². The number of halogens is 4. The number of rotatable bonds is 6. The van der Waals surface area contributed by atoms with Crippen molar-refractivity contribution in [2.75, 3.05) is 11.9 Å². The van der Waals surface area contributed by atoms with E-state index in [0.29, 0.717) is 13.0 Å². The van der Waals surface area contributed by atoms with E-state index >= 15 is 0 Å². The van der Waals surface area contributed by atoms with Gasteiger partial charge in [0, 0.05) is 30.6 Å². The Bertz CT molecular complexity index is 629. The fourth-order valence-corrected chi connectivity index (χ4v) is 1.99. The van der Waals surface area contributed by atoms with Crippen molar-refractivity contribution in [2.24, 2.45) is 11.1 Å². The van der Waals surface area contributed by atoms with Crippen molar-refractivity contribution >= 4 is 29.9 Å². The SMILES string of the molecule is CC(C)(C)C(=O)NCCCC(=O)Nc1cc(CN)cc(C(F)(F)F)c1.Cl. The molecule has 0 saturated heterocycles. The lowest BCUT2D eigenvalue weighted by atomic mass is 9.96. The van der Waals surface area contributed by atoms with Gasteiger partial charge in [-0.25, -0.2) is 0 Å². The maximum Gasteiger partial charge on any atom is 0.416 e. The topological polar surface area (TPSA) is 84.2 Å². The number of benzene rings is 1. The predicted octanol–water partition coefficient (Wildman–Crippen LogP) is 3.47. The van der Waals surface area contributed by atoms with E-state index in [9.17, 15) is 22.8 Å². The molecule has 0 fully saturated rings. The van der Waals surface area contributed by atoms with Crippen LogP contribution in [0.15, 0.2) is 18.2 Å². The Morgan fingerprint density at radius 1 is 1.12 bits per heavy atom. The smallest absolute Gasteiger partial charge is 0.356 e. The van der Waals surface area contributed by atoms with Gasteiger partial charge < -0.3 is 16.4 Å². The Morgan fingerprint density at radius 3 is 2.23 bits per heavy atom. The van der Waals surface area contributed by atoms with E-state index in [-0.39, 0.29) is 42.5 Å². The van der Waals surface area contributed by atoms with Gasteiger partial charge in [0.1, 0.15) is 0 Å². The number of anilines is 1. The molecule has 1 aromatic carbocycles. The van der Waals surface area contributed by atoms with E-state index in [1.165, 1.54) is 6.07 Å². The summed E-state index contributed by atoms with van der Waals surface area (Å²) in [5, 5.41) is 5.15. The van der Waals surface area contributed by atoms with Crippen LogP contribution < -0.4 is 16.4 Å². The summed E-state index contributed by atoms with van der Waals surface area (Å²) in [4.78, 5) is 23.6. The first-order valence-corrected chi connectivity index (χ1v) is 7.93. The molecule has 0 aliphatic rings. The number of amides is 2. The number of hydrogen-bond donors (Lipinski definition) is 3. The van der Waals surface area contributed by atoms with E-state index in [1.54, 1.807) is 20.8 Å². The molecular weight excluding hydrogens is 371 g/mol. The highest BCUT2D eigenvalue weighted by atomic mass is 35.5. The summed E-state index contributed by atoms with van der Waals surface area (Å²) >= 11 is 0. The molecule has 1 aromatic rings. The molecule has 9 heteroatoms. The van der Waals surface area contributed by atoms with E-state index < -0.39 is 23.1 Å². The molecule has 0 aliphatic carbocycles. The van der Waals surface area contributed by atoms with Crippen LogP contribution in [0.5, 0.6) is 0 Å². The van der Waals surface area contributed by atoms with Crippen molar-refractivity contribution in [3.8, 4) is 0 Å². The average Bonchev–Trinajstić information content (AvgIpc) is 2.49. The second-order valence-electron chi connectivity index (χ2n) is 6.78. The van der Waals surface area contributed by atoms with Crippen LogP contribution in [0, 0.1) is 5.41 Å². The summed E-state index contributed by atoms with van der Waals surface area (Å²) in [6.45, 7) is 5.58. The molecule has 0 bridgehead atoms. The lowest BCUT2D eigenvalue weighted by molar-refractivity contribution is -0.137. The molecular formula is C17H25ClF3N3O2. The lowest BCUT2D eigenvalue weighted by Gasteiger charge is -2.17. The summed E-state index contributed by atoms with van der Waals surface area (Å²) in [5.41, 5.74) is 4.36. The Hall–Kier alpha value is -1.80. The molecule has 2 amide bonds. The van der Waals surface area contributed by atoms with Crippen molar-refractivity contribution in [3.63, 3.8) is 0 Å². The zero-order valence-corrected chi connectivity index (χ0v) is 15.8. The van der Waals surface area contributed by atoms with Gasteiger partial charge in [-0.15, -0.1) is 12.4 Å². The summed E-state index contributed by atoms with van der Waals surface area (Å²) in [7, 11) is 0. The van der Waals surface area contributed by atoms with Gasteiger partial charge in [-0.2, -0.15) is 13.2 Å². The summed E-state index contributed by atoms with van der Waals surface area (Å²) in [6, 6.07) is 3.24. The van der Waals surface area contributed by atoms with Gasteiger partial charge in [0.15, 0.2) is 0 Å². The van der Waals surface area contributed by atoms with Gasteiger partial charge in [0.25, 0.3) is 0 Å². The molecule has 0 spiro atoms. The van der Waals surface area contributed by atoms with Crippen molar-refractivity contribution < 1.29 is 22.8 Å². The fourth-order valence-electron chi connectivity index (χ4n) is 1.99. The Morgan fingerprint density at radius 2 is 1.73 bits per heavy atom. The number of alkyl halides is 3. The molecule has 0 saturated carbocycles. The van der Waals surface area contributed by atoms with Gasteiger partial charge in [-0.1, -0.05) is 20.8 Å². The number of carbonyl (C=O) groups is 2. The second kappa shape index (κ2) is 9.78. The van der Waals surface area contributed by atoms with Gasteiger partial charge >= 0.3 is 6.18 Å². The highest BCUT2D eigenvalue weighted by molar-refractivity contribution is 5.91. The number of carbonyl (C=O) groups excluding carboxylic acids is 2. The minimum atomic E-state index is -4.51. The quantitative estimate of drug-likeness (QED) is 0.645. The Labute approximate surface area is 157 Å². The highest BCUT2D eigenvalue weighted by Gasteiger charge is 2.31. The van der Waals surface area contributed by atoms with Crippen LogP contribution in [0.1, 0.15) is 44.7 Å². The van der Waals surface area contributed by atoms with Crippen LogP contribution in [-0.2, 0) is 22.3 Å². The third-order valence-corrected chi connectivity index (χ3v) is 3.39. The van der Waals surface area contributed by atoms with Crippen molar-refractivity contribution in [2.45, 2.75) is 46.3 Å². The number of nitrogens with two attached hydrogens (primary N) is 1. The molecule has 0 radical (unpaired) electrons. The fraction of sp³-hybridized carbons (Fsp3) is 0.529. The van der Waals surface area contributed by atoms with Gasteiger partial charge in [0.2, 0.25) is 11.8 Å². The maximum atomic E-state index is 12.8. The molecule has 5 nitrogen and oxygen atoms in total. The lowest BCUT2D eigenvalue weighted by Crippen LogP contribution is -2.35. The third-order valence-electron chi connectivity index (χ3n) is 3.39. The highest BCUT2D eigenvalue weighted by Crippen LogP contribution is 2.32. The summed E-state index contributed by atoms with van der Waals surface area (Å²) in [6.07, 6.45) is -4.04. The first kappa shape index (κ1) is 24.2. The van der Waals surface area contributed by atoms with Crippen molar-refractivity contribution in [3.05, 3.63) is 29.3 Å². The second-order valence-corrected chi connectivity index (χ2v) is 6.78.